The molecule has 1 atom stereocenters. The van der Waals surface area contributed by atoms with Crippen molar-refractivity contribution in [2.24, 2.45) is 0 Å². The molecular weight excluding hydrogens is 238 g/mol. The van der Waals surface area contributed by atoms with E-state index >= 15 is 0 Å². The second kappa shape index (κ2) is 6.65. The molecule has 0 aromatic carbocycles. The molecule has 0 spiro atoms. The molecule has 1 heterocycles. The first-order valence-corrected chi connectivity index (χ1v) is 6.77. The number of piperazine rings is 1. The van der Waals surface area contributed by atoms with Crippen LogP contribution in [0.1, 0.15) is 6.92 Å². The van der Waals surface area contributed by atoms with Gasteiger partial charge in [-0.1, -0.05) is 0 Å². The van der Waals surface area contributed by atoms with Crippen LogP contribution in [0, 0.1) is 0 Å². The first kappa shape index (κ1) is 15.1. The van der Waals surface area contributed by atoms with Crippen LogP contribution < -0.4 is 10.0 Å². The van der Waals surface area contributed by atoms with Gasteiger partial charge in [-0.2, -0.15) is 0 Å². The van der Waals surface area contributed by atoms with Gasteiger partial charge < -0.3 is 5.32 Å². The molecular formula is C8H20ClN3O2S. The van der Waals surface area contributed by atoms with Crippen LogP contribution >= 0.6 is 12.4 Å². The minimum Gasteiger partial charge on any atom is -0.314 e. The Kier molecular flexibility index (Phi) is 6.70. The van der Waals surface area contributed by atoms with E-state index in [1.54, 1.807) is 0 Å². The summed E-state index contributed by atoms with van der Waals surface area (Å²) >= 11 is 0. The van der Waals surface area contributed by atoms with Crippen molar-refractivity contribution in [2.45, 2.75) is 13.0 Å². The highest BCUT2D eigenvalue weighted by molar-refractivity contribution is 7.88. The molecule has 1 aliphatic rings. The summed E-state index contributed by atoms with van der Waals surface area (Å²) in [7, 11) is -3.03. The maximum atomic E-state index is 10.8. The van der Waals surface area contributed by atoms with E-state index in [1.807, 2.05) is 0 Å². The fraction of sp³-hybridized carbons (Fsp3) is 1.00. The third-order valence-electron chi connectivity index (χ3n) is 2.40. The molecule has 1 aliphatic heterocycles. The second-order valence-corrected chi connectivity index (χ2v) is 5.59. The quantitative estimate of drug-likeness (QED) is 0.696. The fourth-order valence-corrected chi connectivity index (χ4v) is 2.05. The van der Waals surface area contributed by atoms with E-state index in [1.165, 1.54) is 6.26 Å². The number of nitrogens with zero attached hydrogens (tertiary/aromatic N) is 1. The predicted octanol–water partition coefficient (Wildman–Crippen LogP) is -0.749. The lowest BCUT2D eigenvalue weighted by molar-refractivity contribution is 0.177. The molecule has 0 aromatic heterocycles. The fourth-order valence-electron chi connectivity index (χ4n) is 1.59. The highest BCUT2D eigenvalue weighted by Crippen LogP contribution is 2.00. The first-order chi connectivity index (χ1) is 6.49. The molecule has 92 valence electrons. The van der Waals surface area contributed by atoms with Crippen LogP contribution in [0.15, 0.2) is 0 Å². The lowest BCUT2D eigenvalue weighted by atomic mass is 10.2. The molecule has 0 amide bonds. The van der Waals surface area contributed by atoms with Gasteiger partial charge in [-0.05, 0) is 6.92 Å². The summed E-state index contributed by atoms with van der Waals surface area (Å²) < 4.78 is 24.1. The minimum absolute atomic E-state index is 0. The minimum atomic E-state index is -3.03. The van der Waals surface area contributed by atoms with E-state index in [4.69, 9.17) is 0 Å². The molecule has 5 nitrogen and oxygen atoms in total. The van der Waals surface area contributed by atoms with Gasteiger partial charge >= 0.3 is 0 Å². The monoisotopic (exact) mass is 257 g/mol. The van der Waals surface area contributed by atoms with Crippen LogP contribution in [0.2, 0.25) is 0 Å². The van der Waals surface area contributed by atoms with Crippen LogP contribution in [0.3, 0.4) is 0 Å². The van der Waals surface area contributed by atoms with Crippen molar-refractivity contribution in [3.8, 4) is 0 Å². The Morgan fingerprint density at radius 3 is 2.73 bits per heavy atom. The Hall–Kier alpha value is 0.120. The molecule has 0 radical (unpaired) electrons. The summed E-state index contributed by atoms with van der Waals surface area (Å²) in [6, 6.07) is 0.491. The maximum Gasteiger partial charge on any atom is 0.208 e. The maximum absolute atomic E-state index is 10.8. The molecule has 0 saturated carbocycles. The average Bonchev–Trinajstić information content (AvgIpc) is 2.06. The highest BCUT2D eigenvalue weighted by Gasteiger charge is 2.17. The van der Waals surface area contributed by atoms with Crippen molar-refractivity contribution in [1.29, 1.82) is 0 Å². The van der Waals surface area contributed by atoms with Gasteiger partial charge in [0.2, 0.25) is 10.0 Å². The van der Waals surface area contributed by atoms with Gasteiger partial charge in [-0.25, -0.2) is 13.1 Å². The van der Waals surface area contributed by atoms with Crippen molar-refractivity contribution >= 4 is 22.4 Å². The average molecular weight is 258 g/mol. The summed E-state index contributed by atoms with van der Waals surface area (Å²) in [4.78, 5) is 2.29. The summed E-state index contributed by atoms with van der Waals surface area (Å²) in [5.41, 5.74) is 0. The van der Waals surface area contributed by atoms with Gasteiger partial charge in [0, 0.05) is 38.8 Å². The molecule has 1 rings (SSSR count). The smallest absolute Gasteiger partial charge is 0.208 e. The molecule has 0 aliphatic carbocycles. The van der Waals surface area contributed by atoms with E-state index < -0.39 is 10.0 Å². The standard InChI is InChI=1S/C8H19N3O2S.ClH/c1-8-7-9-3-5-11(8)6-4-10-14(2,12)13;/h8-10H,3-7H2,1-2H3;1H/t8-;/m1./s1. The molecule has 2 N–H and O–H groups in total. The summed E-state index contributed by atoms with van der Waals surface area (Å²) in [6.45, 7) is 6.40. The zero-order valence-corrected chi connectivity index (χ0v) is 10.8. The van der Waals surface area contributed by atoms with Crippen LogP contribution in [0.5, 0.6) is 0 Å². The van der Waals surface area contributed by atoms with E-state index in [-0.39, 0.29) is 12.4 Å². The summed E-state index contributed by atoms with van der Waals surface area (Å²) in [6.07, 6.45) is 1.19. The molecule has 15 heavy (non-hydrogen) atoms. The Morgan fingerprint density at radius 1 is 1.53 bits per heavy atom. The van der Waals surface area contributed by atoms with Crippen molar-refractivity contribution < 1.29 is 8.42 Å². The highest BCUT2D eigenvalue weighted by atomic mass is 35.5. The van der Waals surface area contributed by atoms with Gasteiger partial charge in [-0.15, -0.1) is 12.4 Å². The topological polar surface area (TPSA) is 61.4 Å². The van der Waals surface area contributed by atoms with E-state index in [0.29, 0.717) is 12.6 Å². The number of halogens is 1. The van der Waals surface area contributed by atoms with Gasteiger partial charge in [0.25, 0.3) is 0 Å². The normalized spacial score (nSPS) is 23.5. The number of hydrogen-bond donors (Lipinski definition) is 2. The molecule has 0 bridgehead atoms. The van der Waals surface area contributed by atoms with E-state index in [2.05, 4.69) is 21.9 Å². The Balaban J connectivity index is 0.00000196. The number of nitrogens with one attached hydrogen (secondary N) is 2. The number of hydrogen-bond acceptors (Lipinski definition) is 4. The van der Waals surface area contributed by atoms with Gasteiger partial charge in [0.1, 0.15) is 0 Å². The van der Waals surface area contributed by atoms with Crippen LogP contribution in [0.4, 0.5) is 0 Å². The largest absolute Gasteiger partial charge is 0.314 e. The van der Waals surface area contributed by atoms with E-state index in [9.17, 15) is 8.42 Å². The van der Waals surface area contributed by atoms with Crippen LogP contribution in [-0.2, 0) is 10.0 Å². The zero-order valence-electron chi connectivity index (χ0n) is 9.19. The molecule has 1 fully saturated rings. The molecule has 1 saturated heterocycles. The SMILES string of the molecule is C[C@@H]1CNCCN1CCNS(C)(=O)=O.Cl. The van der Waals surface area contributed by atoms with Gasteiger partial charge in [0.15, 0.2) is 0 Å². The Labute approximate surface area is 98.1 Å². The second-order valence-electron chi connectivity index (χ2n) is 3.76. The first-order valence-electron chi connectivity index (χ1n) is 4.88. The molecule has 7 heteroatoms. The summed E-state index contributed by atoms with van der Waals surface area (Å²) in [5, 5.41) is 3.29. The third kappa shape index (κ3) is 6.32. The van der Waals surface area contributed by atoms with Crippen LogP contribution in [-0.4, -0.2) is 58.3 Å². The lowest BCUT2D eigenvalue weighted by Gasteiger charge is -2.33. The van der Waals surface area contributed by atoms with Crippen molar-refractivity contribution in [3.05, 3.63) is 0 Å². The molecule has 0 unspecified atom stereocenters. The van der Waals surface area contributed by atoms with Crippen molar-refractivity contribution in [2.75, 3.05) is 39.0 Å². The summed E-state index contributed by atoms with van der Waals surface area (Å²) in [5.74, 6) is 0. The third-order valence-corrected chi connectivity index (χ3v) is 3.13. The predicted molar refractivity (Wildman–Crippen MR) is 64.0 cm³/mol. The van der Waals surface area contributed by atoms with Crippen LogP contribution in [0.25, 0.3) is 0 Å². The number of sulfonamides is 1. The molecule has 0 aromatic rings. The number of rotatable bonds is 4. The Bertz CT molecular complexity index is 271. The van der Waals surface area contributed by atoms with Gasteiger partial charge in [-0.3, -0.25) is 4.90 Å². The van der Waals surface area contributed by atoms with Crippen molar-refractivity contribution in [1.82, 2.24) is 14.9 Å². The van der Waals surface area contributed by atoms with Gasteiger partial charge in [0.05, 0.1) is 6.26 Å². The van der Waals surface area contributed by atoms with E-state index in [0.717, 1.165) is 26.2 Å². The Morgan fingerprint density at radius 2 is 2.20 bits per heavy atom. The lowest BCUT2D eigenvalue weighted by Crippen LogP contribution is -2.51. The zero-order chi connectivity index (χ0) is 10.6. The van der Waals surface area contributed by atoms with Crippen molar-refractivity contribution in [3.63, 3.8) is 0 Å².